The van der Waals surface area contributed by atoms with Crippen LogP contribution in [-0.4, -0.2) is 42.4 Å². The number of aliphatic hydroxyl groups excluding tert-OH is 1. The van der Waals surface area contributed by atoms with Gasteiger partial charge < -0.3 is 20.2 Å². The van der Waals surface area contributed by atoms with Crippen molar-refractivity contribution in [2.24, 2.45) is 7.05 Å². The zero-order valence-corrected chi connectivity index (χ0v) is 18.2. The summed E-state index contributed by atoms with van der Waals surface area (Å²) in [6.07, 6.45) is 4.59. The molecule has 0 unspecified atom stereocenters. The zero-order valence-electron chi connectivity index (χ0n) is 18.2. The SMILES string of the molecule is Cc1cnc(Nc2ccnn2C)nc1-c1coc(C(=O)N[C@](C)(CO)c2cccc(F)c2)n1. The second kappa shape index (κ2) is 8.79. The third-order valence-electron chi connectivity index (χ3n) is 5.14. The summed E-state index contributed by atoms with van der Waals surface area (Å²) in [5.41, 5.74) is 0.712. The van der Waals surface area contributed by atoms with Crippen molar-refractivity contribution in [3.05, 3.63) is 71.8 Å². The Morgan fingerprint density at radius 3 is 2.82 bits per heavy atom. The molecule has 33 heavy (non-hydrogen) atoms. The molecule has 0 fully saturated rings. The average Bonchev–Trinajstić information content (AvgIpc) is 3.44. The minimum atomic E-state index is -1.24. The van der Waals surface area contributed by atoms with E-state index in [0.717, 1.165) is 5.56 Å². The molecule has 10 nitrogen and oxygen atoms in total. The molecular weight excluding hydrogens is 429 g/mol. The highest BCUT2D eigenvalue weighted by Crippen LogP contribution is 2.24. The van der Waals surface area contributed by atoms with Gasteiger partial charge in [0, 0.05) is 19.3 Å². The number of carbonyl (C=O) groups is 1. The Morgan fingerprint density at radius 2 is 2.12 bits per heavy atom. The van der Waals surface area contributed by atoms with Crippen LogP contribution in [0.4, 0.5) is 16.2 Å². The number of halogens is 1. The molecule has 4 aromatic rings. The number of aliphatic hydroxyl groups is 1. The number of aryl methyl sites for hydroxylation is 2. The first kappa shape index (κ1) is 22.1. The van der Waals surface area contributed by atoms with E-state index in [4.69, 9.17) is 4.42 Å². The molecule has 1 atom stereocenters. The van der Waals surface area contributed by atoms with E-state index in [1.807, 2.05) is 6.92 Å². The number of carbonyl (C=O) groups excluding carboxylic acids is 1. The van der Waals surface area contributed by atoms with Gasteiger partial charge in [-0.05, 0) is 37.1 Å². The van der Waals surface area contributed by atoms with Gasteiger partial charge in [0.1, 0.15) is 29.3 Å². The van der Waals surface area contributed by atoms with Crippen LogP contribution in [0.3, 0.4) is 0 Å². The van der Waals surface area contributed by atoms with Gasteiger partial charge in [-0.2, -0.15) is 5.10 Å². The predicted octanol–water partition coefficient (Wildman–Crippen LogP) is 2.69. The van der Waals surface area contributed by atoms with Crippen LogP contribution in [0.25, 0.3) is 11.4 Å². The summed E-state index contributed by atoms with van der Waals surface area (Å²) in [4.78, 5) is 25.8. The maximum absolute atomic E-state index is 13.6. The third kappa shape index (κ3) is 4.58. The Balaban J connectivity index is 1.57. The zero-order chi connectivity index (χ0) is 23.6. The minimum Gasteiger partial charge on any atom is -0.440 e. The van der Waals surface area contributed by atoms with E-state index in [1.165, 1.54) is 24.5 Å². The van der Waals surface area contributed by atoms with Gasteiger partial charge in [-0.3, -0.25) is 9.48 Å². The van der Waals surface area contributed by atoms with Crippen molar-refractivity contribution in [1.29, 1.82) is 0 Å². The minimum absolute atomic E-state index is 0.222. The van der Waals surface area contributed by atoms with Gasteiger partial charge in [0.15, 0.2) is 0 Å². The number of aromatic nitrogens is 5. The molecule has 3 heterocycles. The van der Waals surface area contributed by atoms with Crippen molar-refractivity contribution in [2.75, 3.05) is 11.9 Å². The van der Waals surface area contributed by atoms with E-state index >= 15 is 0 Å². The molecule has 11 heteroatoms. The van der Waals surface area contributed by atoms with Gasteiger partial charge in [0.05, 0.1) is 18.3 Å². The summed E-state index contributed by atoms with van der Waals surface area (Å²) in [5.74, 6) is -0.338. The molecule has 4 rings (SSSR count). The average molecular weight is 451 g/mol. The normalized spacial score (nSPS) is 12.9. The fraction of sp³-hybridized carbons (Fsp3) is 0.227. The van der Waals surface area contributed by atoms with Crippen LogP contribution in [0.2, 0.25) is 0 Å². The lowest BCUT2D eigenvalue weighted by atomic mass is 9.92. The van der Waals surface area contributed by atoms with Crippen molar-refractivity contribution in [3.8, 4) is 11.4 Å². The van der Waals surface area contributed by atoms with Crippen LogP contribution in [0, 0.1) is 12.7 Å². The smallest absolute Gasteiger partial charge is 0.307 e. The highest BCUT2D eigenvalue weighted by atomic mass is 19.1. The lowest BCUT2D eigenvalue weighted by Gasteiger charge is -2.28. The van der Waals surface area contributed by atoms with Crippen LogP contribution >= 0.6 is 0 Å². The summed E-state index contributed by atoms with van der Waals surface area (Å²) < 4.78 is 20.7. The molecule has 0 radical (unpaired) electrons. The molecule has 170 valence electrons. The predicted molar refractivity (Wildman–Crippen MR) is 117 cm³/mol. The number of anilines is 2. The first-order valence-electron chi connectivity index (χ1n) is 10.0. The summed E-state index contributed by atoms with van der Waals surface area (Å²) in [5, 5.41) is 19.7. The van der Waals surface area contributed by atoms with E-state index in [9.17, 15) is 14.3 Å². The lowest BCUT2D eigenvalue weighted by Crippen LogP contribution is -2.46. The first-order valence-corrected chi connectivity index (χ1v) is 10.0. The number of benzene rings is 1. The molecular formula is C22H22FN7O3. The number of hydrogen-bond acceptors (Lipinski definition) is 8. The highest BCUT2D eigenvalue weighted by molar-refractivity contribution is 5.91. The molecule has 1 aromatic carbocycles. The number of nitrogens with one attached hydrogen (secondary N) is 2. The van der Waals surface area contributed by atoms with Crippen molar-refractivity contribution in [3.63, 3.8) is 0 Å². The topological polar surface area (TPSA) is 131 Å². The Labute approximate surface area is 188 Å². The number of hydrogen-bond donors (Lipinski definition) is 3. The fourth-order valence-electron chi connectivity index (χ4n) is 3.20. The number of amides is 1. The van der Waals surface area contributed by atoms with Crippen molar-refractivity contribution >= 4 is 17.7 Å². The molecule has 0 saturated carbocycles. The Hall–Kier alpha value is -4.12. The monoisotopic (exact) mass is 451 g/mol. The number of nitrogens with zero attached hydrogens (tertiary/aromatic N) is 5. The Morgan fingerprint density at radius 1 is 1.30 bits per heavy atom. The van der Waals surface area contributed by atoms with E-state index in [0.29, 0.717) is 28.7 Å². The molecule has 0 saturated heterocycles. The second-order valence-electron chi connectivity index (χ2n) is 7.68. The molecule has 1 amide bonds. The molecule has 0 bridgehead atoms. The van der Waals surface area contributed by atoms with Crippen LogP contribution in [-0.2, 0) is 12.6 Å². The lowest BCUT2D eigenvalue weighted by molar-refractivity contribution is 0.0814. The van der Waals surface area contributed by atoms with Crippen LogP contribution < -0.4 is 10.6 Å². The van der Waals surface area contributed by atoms with Gasteiger partial charge in [0.25, 0.3) is 5.89 Å². The van der Waals surface area contributed by atoms with E-state index in [-0.39, 0.29) is 5.89 Å². The van der Waals surface area contributed by atoms with Gasteiger partial charge in [0.2, 0.25) is 5.95 Å². The number of rotatable bonds is 7. The highest BCUT2D eigenvalue weighted by Gasteiger charge is 2.30. The van der Waals surface area contributed by atoms with Gasteiger partial charge in [-0.1, -0.05) is 12.1 Å². The standard InChI is InChI=1S/C22H22FN7O3/c1-13-10-24-21(27-17-7-8-25-30(17)3)28-18(13)16-11-33-20(26-16)19(32)29-22(2,12-31)14-5-4-6-15(23)9-14/h4-11,31H,12H2,1-3H3,(H,29,32)(H,24,27,28)/t22-/m1/s1. The van der Waals surface area contributed by atoms with Crippen LogP contribution in [0.15, 0.2) is 53.4 Å². The van der Waals surface area contributed by atoms with Crippen LogP contribution in [0.1, 0.15) is 28.7 Å². The van der Waals surface area contributed by atoms with Crippen molar-refractivity contribution in [2.45, 2.75) is 19.4 Å². The quantitative estimate of drug-likeness (QED) is 0.391. The summed E-state index contributed by atoms with van der Waals surface area (Å²) >= 11 is 0. The molecule has 0 aliphatic heterocycles. The fourth-order valence-corrected chi connectivity index (χ4v) is 3.20. The molecule has 3 aromatic heterocycles. The molecule has 3 N–H and O–H groups in total. The van der Waals surface area contributed by atoms with Gasteiger partial charge in [-0.25, -0.2) is 19.3 Å². The van der Waals surface area contributed by atoms with Gasteiger partial charge in [-0.15, -0.1) is 0 Å². The molecule has 0 aliphatic rings. The van der Waals surface area contributed by atoms with E-state index < -0.39 is 23.9 Å². The van der Waals surface area contributed by atoms with E-state index in [2.05, 4.69) is 30.7 Å². The van der Waals surface area contributed by atoms with Crippen LogP contribution in [0.5, 0.6) is 0 Å². The Kier molecular flexibility index (Phi) is 5.88. The maximum Gasteiger partial charge on any atom is 0.307 e. The third-order valence-corrected chi connectivity index (χ3v) is 5.14. The summed E-state index contributed by atoms with van der Waals surface area (Å²) in [6.45, 7) is 2.93. The second-order valence-corrected chi connectivity index (χ2v) is 7.68. The van der Waals surface area contributed by atoms with Gasteiger partial charge >= 0.3 is 5.91 Å². The summed E-state index contributed by atoms with van der Waals surface area (Å²) in [7, 11) is 1.78. The Bertz CT molecular complexity index is 1300. The molecule has 0 aliphatic carbocycles. The maximum atomic E-state index is 13.6. The molecule has 0 spiro atoms. The largest absolute Gasteiger partial charge is 0.440 e. The van der Waals surface area contributed by atoms with Crippen molar-refractivity contribution in [1.82, 2.24) is 30.0 Å². The summed E-state index contributed by atoms with van der Waals surface area (Å²) in [6, 6.07) is 7.42. The first-order chi connectivity index (χ1) is 15.8. The number of oxazole rings is 1. The van der Waals surface area contributed by atoms with E-state index in [1.54, 1.807) is 43.2 Å². The van der Waals surface area contributed by atoms with Crippen molar-refractivity contribution < 1.29 is 18.7 Å².